The number of benzene rings is 1. The van der Waals surface area contributed by atoms with Crippen molar-refractivity contribution in [2.75, 3.05) is 32.8 Å². The van der Waals surface area contributed by atoms with E-state index in [1.54, 1.807) is 4.90 Å². The summed E-state index contributed by atoms with van der Waals surface area (Å²) < 4.78 is 11.0. The van der Waals surface area contributed by atoms with Crippen molar-refractivity contribution < 1.29 is 19.1 Å². The molecule has 132 valence electrons. The number of nitrogens with zero attached hydrogens (tertiary/aromatic N) is 1. The molecular weight excluding hydrogens is 310 g/mol. The molecule has 1 aromatic carbocycles. The zero-order valence-corrected chi connectivity index (χ0v) is 14.2. The third-order valence-electron chi connectivity index (χ3n) is 3.78. The van der Waals surface area contributed by atoms with E-state index in [4.69, 9.17) is 15.2 Å². The van der Waals surface area contributed by atoms with E-state index in [2.05, 4.69) is 5.32 Å². The molecule has 3 N–H and O–H groups in total. The first-order chi connectivity index (χ1) is 11.5. The van der Waals surface area contributed by atoms with Crippen molar-refractivity contribution in [1.82, 2.24) is 10.2 Å². The van der Waals surface area contributed by atoms with Crippen molar-refractivity contribution in [1.29, 1.82) is 0 Å². The monoisotopic (exact) mass is 335 g/mol. The maximum Gasteiger partial charge on any atom is 0.234 e. The quantitative estimate of drug-likeness (QED) is 0.713. The van der Waals surface area contributed by atoms with E-state index < -0.39 is 5.91 Å². The van der Waals surface area contributed by atoms with Crippen LogP contribution in [0, 0.1) is 0 Å². The number of hydrogen-bond acceptors (Lipinski definition) is 5. The lowest BCUT2D eigenvalue weighted by Crippen LogP contribution is -2.45. The van der Waals surface area contributed by atoms with Crippen LogP contribution in [0.25, 0.3) is 0 Å². The van der Waals surface area contributed by atoms with Crippen LogP contribution in [0.5, 0.6) is 11.5 Å². The highest BCUT2D eigenvalue weighted by molar-refractivity contribution is 5.80. The molecule has 0 saturated heterocycles. The van der Waals surface area contributed by atoms with E-state index in [-0.39, 0.29) is 25.0 Å². The zero-order valence-electron chi connectivity index (χ0n) is 14.2. The van der Waals surface area contributed by atoms with Crippen LogP contribution < -0.4 is 20.5 Å². The number of hydrogen-bond donors (Lipinski definition) is 2. The molecule has 2 rings (SSSR count). The van der Waals surface area contributed by atoms with Crippen LogP contribution in [0.1, 0.15) is 19.4 Å². The van der Waals surface area contributed by atoms with E-state index in [9.17, 15) is 9.59 Å². The number of ether oxygens (including phenoxy) is 2. The summed E-state index contributed by atoms with van der Waals surface area (Å²) in [5.41, 5.74) is 6.27. The minimum absolute atomic E-state index is 0.0704. The summed E-state index contributed by atoms with van der Waals surface area (Å²) in [6, 6.07) is 5.86. The Labute approximate surface area is 142 Å². The molecule has 0 unspecified atom stereocenters. The lowest BCUT2D eigenvalue weighted by molar-refractivity contribution is -0.124. The molecule has 0 aromatic heterocycles. The topological polar surface area (TPSA) is 93.9 Å². The molecule has 0 aliphatic carbocycles. The van der Waals surface area contributed by atoms with Crippen LogP contribution in [-0.2, 0) is 16.0 Å². The summed E-state index contributed by atoms with van der Waals surface area (Å²) in [4.78, 5) is 24.8. The van der Waals surface area contributed by atoms with Crippen molar-refractivity contribution in [3.63, 3.8) is 0 Å². The second-order valence-corrected chi connectivity index (χ2v) is 6.04. The van der Waals surface area contributed by atoms with Gasteiger partial charge in [-0.3, -0.25) is 14.5 Å². The third kappa shape index (κ3) is 5.42. The molecular formula is C17H25N3O4. The molecule has 1 aromatic rings. The SMILES string of the molecule is CC(C)N(CC(N)=O)CC(=O)NCCc1ccc2c(c1)OCCO2. The minimum Gasteiger partial charge on any atom is -0.486 e. The summed E-state index contributed by atoms with van der Waals surface area (Å²) in [5, 5.41) is 2.87. The fourth-order valence-corrected chi connectivity index (χ4v) is 2.45. The van der Waals surface area contributed by atoms with Gasteiger partial charge in [0.15, 0.2) is 11.5 Å². The van der Waals surface area contributed by atoms with Crippen molar-refractivity contribution in [3.05, 3.63) is 23.8 Å². The van der Waals surface area contributed by atoms with E-state index in [0.29, 0.717) is 26.2 Å². The number of primary amides is 1. The Morgan fingerprint density at radius 3 is 2.58 bits per heavy atom. The van der Waals surface area contributed by atoms with Crippen LogP contribution in [0.4, 0.5) is 0 Å². The van der Waals surface area contributed by atoms with Gasteiger partial charge >= 0.3 is 0 Å². The van der Waals surface area contributed by atoms with Gasteiger partial charge in [-0.05, 0) is 38.0 Å². The van der Waals surface area contributed by atoms with Crippen molar-refractivity contribution in [2.45, 2.75) is 26.3 Å². The van der Waals surface area contributed by atoms with Crippen LogP contribution >= 0.6 is 0 Å². The fraction of sp³-hybridized carbons (Fsp3) is 0.529. The Kier molecular flexibility index (Phi) is 6.43. The lowest BCUT2D eigenvalue weighted by Gasteiger charge is -2.24. The van der Waals surface area contributed by atoms with Crippen LogP contribution in [0.15, 0.2) is 18.2 Å². The molecule has 0 atom stereocenters. The number of carbonyl (C=O) groups is 2. The second-order valence-electron chi connectivity index (χ2n) is 6.04. The predicted molar refractivity (Wildman–Crippen MR) is 90.0 cm³/mol. The van der Waals surface area contributed by atoms with Crippen LogP contribution in [-0.4, -0.2) is 55.6 Å². The molecule has 2 amide bonds. The Morgan fingerprint density at radius 1 is 1.21 bits per heavy atom. The molecule has 7 heteroatoms. The standard InChI is InChI=1S/C17H25N3O4/c1-12(2)20(10-16(18)21)11-17(22)19-6-5-13-3-4-14-15(9-13)24-8-7-23-14/h3-4,9,12H,5-8,10-11H2,1-2H3,(H2,18,21)(H,19,22). The largest absolute Gasteiger partial charge is 0.486 e. The Morgan fingerprint density at radius 2 is 1.92 bits per heavy atom. The van der Waals surface area contributed by atoms with Gasteiger partial charge in [0.05, 0.1) is 13.1 Å². The molecule has 1 heterocycles. The highest BCUT2D eigenvalue weighted by Crippen LogP contribution is 2.30. The first-order valence-corrected chi connectivity index (χ1v) is 8.13. The van der Waals surface area contributed by atoms with Gasteiger partial charge in [-0.25, -0.2) is 0 Å². The third-order valence-corrected chi connectivity index (χ3v) is 3.78. The van der Waals surface area contributed by atoms with E-state index >= 15 is 0 Å². The molecule has 0 spiro atoms. The number of amides is 2. The van der Waals surface area contributed by atoms with E-state index in [1.807, 2.05) is 32.0 Å². The van der Waals surface area contributed by atoms with Gasteiger partial charge < -0.3 is 20.5 Å². The Bertz CT molecular complexity index is 589. The van der Waals surface area contributed by atoms with Gasteiger partial charge in [0.25, 0.3) is 0 Å². The molecule has 0 radical (unpaired) electrons. The molecule has 24 heavy (non-hydrogen) atoms. The zero-order chi connectivity index (χ0) is 17.5. The number of nitrogens with one attached hydrogen (secondary N) is 1. The first-order valence-electron chi connectivity index (χ1n) is 8.13. The average Bonchev–Trinajstić information content (AvgIpc) is 2.53. The van der Waals surface area contributed by atoms with Crippen LogP contribution in [0.3, 0.4) is 0 Å². The Balaban J connectivity index is 1.78. The summed E-state index contributed by atoms with van der Waals surface area (Å²) in [7, 11) is 0. The van der Waals surface area contributed by atoms with Gasteiger partial charge in [-0.1, -0.05) is 6.07 Å². The summed E-state index contributed by atoms with van der Waals surface area (Å²) in [5.74, 6) is 0.945. The molecule has 1 aliphatic rings. The predicted octanol–water partition coefficient (Wildman–Crippen LogP) is 0.312. The number of fused-ring (bicyclic) bond motifs is 1. The minimum atomic E-state index is -0.437. The van der Waals surface area contributed by atoms with Gasteiger partial charge in [0, 0.05) is 12.6 Å². The van der Waals surface area contributed by atoms with Gasteiger partial charge in [0.1, 0.15) is 13.2 Å². The van der Waals surface area contributed by atoms with Gasteiger partial charge in [-0.15, -0.1) is 0 Å². The first kappa shape index (κ1) is 18.1. The average molecular weight is 335 g/mol. The van der Waals surface area contributed by atoms with Gasteiger partial charge in [-0.2, -0.15) is 0 Å². The Hall–Kier alpha value is -2.28. The lowest BCUT2D eigenvalue weighted by atomic mass is 10.1. The molecule has 1 aliphatic heterocycles. The normalized spacial score (nSPS) is 13.2. The van der Waals surface area contributed by atoms with Crippen LogP contribution in [0.2, 0.25) is 0 Å². The van der Waals surface area contributed by atoms with Crippen molar-refractivity contribution in [2.24, 2.45) is 5.73 Å². The fourth-order valence-electron chi connectivity index (χ4n) is 2.45. The van der Waals surface area contributed by atoms with Gasteiger partial charge in [0.2, 0.25) is 11.8 Å². The smallest absolute Gasteiger partial charge is 0.234 e. The molecule has 0 fully saturated rings. The molecule has 7 nitrogen and oxygen atoms in total. The van der Waals surface area contributed by atoms with E-state index in [0.717, 1.165) is 17.1 Å². The summed E-state index contributed by atoms with van der Waals surface area (Å²) in [6.45, 7) is 5.71. The van der Waals surface area contributed by atoms with E-state index in [1.165, 1.54) is 0 Å². The number of rotatable bonds is 8. The summed E-state index contributed by atoms with van der Waals surface area (Å²) >= 11 is 0. The highest BCUT2D eigenvalue weighted by atomic mass is 16.6. The van der Waals surface area contributed by atoms with Crippen molar-refractivity contribution >= 4 is 11.8 Å². The highest BCUT2D eigenvalue weighted by Gasteiger charge is 2.16. The molecule has 0 bridgehead atoms. The maximum absolute atomic E-state index is 12.0. The molecule has 0 saturated carbocycles. The number of nitrogens with two attached hydrogens (primary N) is 1. The maximum atomic E-state index is 12.0. The van der Waals surface area contributed by atoms with Crippen molar-refractivity contribution in [3.8, 4) is 11.5 Å². The summed E-state index contributed by atoms with van der Waals surface area (Å²) in [6.07, 6.45) is 0.694. The number of carbonyl (C=O) groups excluding carboxylic acids is 2. The second kappa shape index (κ2) is 8.54.